The topological polar surface area (TPSA) is 78.9 Å². The van der Waals surface area contributed by atoms with Gasteiger partial charge in [0, 0.05) is 19.3 Å². The second-order valence-electron chi connectivity index (χ2n) is 17.8. The molecule has 332 valence electrons. The van der Waals surface area contributed by atoms with Gasteiger partial charge in [-0.1, -0.05) is 234 Å². The molecule has 1 unspecified atom stereocenters. The average Bonchev–Trinajstić information content (AvgIpc) is 3.18. The van der Waals surface area contributed by atoms with Crippen LogP contribution in [0.4, 0.5) is 0 Å². The van der Waals surface area contributed by atoms with Crippen LogP contribution in [0.5, 0.6) is 0 Å². The van der Waals surface area contributed by atoms with Crippen LogP contribution >= 0.6 is 0 Å². The minimum atomic E-state index is -0.760. The van der Waals surface area contributed by atoms with E-state index >= 15 is 0 Å². The molecule has 0 aliphatic rings. The number of hydrogen-bond donors (Lipinski definition) is 0. The summed E-state index contributed by atoms with van der Waals surface area (Å²) < 4.78 is 16.7. The van der Waals surface area contributed by atoms with Gasteiger partial charge < -0.3 is 14.2 Å². The Morgan fingerprint density at radius 1 is 0.375 bits per heavy atom. The van der Waals surface area contributed by atoms with Gasteiger partial charge in [-0.2, -0.15) is 0 Å². The highest BCUT2D eigenvalue weighted by Gasteiger charge is 2.19. The van der Waals surface area contributed by atoms with E-state index < -0.39 is 6.10 Å². The van der Waals surface area contributed by atoms with Crippen LogP contribution in [0, 0.1) is 11.8 Å². The van der Waals surface area contributed by atoms with Gasteiger partial charge in [0.2, 0.25) is 0 Å². The molecule has 6 nitrogen and oxygen atoms in total. The van der Waals surface area contributed by atoms with E-state index in [0.29, 0.717) is 19.3 Å². The van der Waals surface area contributed by atoms with Crippen molar-refractivity contribution < 1.29 is 28.6 Å². The Bertz CT molecular complexity index is 856. The Morgan fingerprint density at radius 3 is 1.02 bits per heavy atom. The Hall–Kier alpha value is -1.59. The molecule has 0 aromatic rings. The summed E-state index contributed by atoms with van der Waals surface area (Å²) in [6, 6.07) is 0. The van der Waals surface area contributed by atoms with Gasteiger partial charge in [0.25, 0.3) is 0 Å². The highest BCUT2D eigenvalue weighted by Crippen LogP contribution is 2.17. The molecule has 6 heteroatoms. The van der Waals surface area contributed by atoms with Crippen molar-refractivity contribution in [2.24, 2.45) is 11.8 Å². The molecule has 2 atom stereocenters. The summed E-state index contributed by atoms with van der Waals surface area (Å²) >= 11 is 0. The third kappa shape index (κ3) is 42.0. The predicted octanol–water partition coefficient (Wildman–Crippen LogP) is 15.8. The average molecular weight is 793 g/mol. The molecular formula is C50H96O6. The van der Waals surface area contributed by atoms with Gasteiger partial charge in [-0.3, -0.25) is 14.4 Å². The molecule has 0 saturated carbocycles. The van der Waals surface area contributed by atoms with Crippen molar-refractivity contribution in [3.63, 3.8) is 0 Å². The van der Waals surface area contributed by atoms with Crippen LogP contribution in [0.15, 0.2) is 0 Å². The molecular weight excluding hydrogens is 697 g/mol. The molecule has 56 heavy (non-hydrogen) atoms. The predicted molar refractivity (Wildman–Crippen MR) is 238 cm³/mol. The second kappa shape index (κ2) is 43.0. The minimum absolute atomic E-state index is 0.0646. The molecule has 0 saturated heterocycles. The summed E-state index contributed by atoms with van der Waals surface area (Å²) in [4.78, 5) is 37.7. The normalized spacial score (nSPS) is 12.5. The number of carbonyl (C=O) groups is 3. The van der Waals surface area contributed by atoms with Gasteiger partial charge in [0.15, 0.2) is 6.10 Å². The SMILES string of the molecule is CCCCCCCCCC(=O)O[C@@H](COC(=O)CCCCCCCCCCCCCCCCC(C)C)COC(=O)CCCCCCCCCCCCC(C)CC. The molecule has 0 aliphatic heterocycles. The van der Waals surface area contributed by atoms with Gasteiger partial charge in [-0.05, 0) is 31.1 Å². The molecule has 0 fully saturated rings. The molecule has 0 aromatic carbocycles. The molecule has 0 aromatic heterocycles. The number of ether oxygens (including phenoxy) is 3. The fourth-order valence-electron chi connectivity index (χ4n) is 7.43. The van der Waals surface area contributed by atoms with E-state index in [1.807, 2.05) is 0 Å². The number of rotatable bonds is 44. The third-order valence-corrected chi connectivity index (χ3v) is 11.6. The van der Waals surface area contributed by atoms with Crippen LogP contribution in [0.1, 0.15) is 272 Å². The first-order chi connectivity index (χ1) is 27.3. The molecule has 0 N–H and O–H groups in total. The smallest absolute Gasteiger partial charge is 0.306 e. The zero-order chi connectivity index (χ0) is 41.2. The van der Waals surface area contributed by atoms with Crippen LogP contribution in [-0.4, -0.2) is 37.2 Å². The molecule has 0 radical (unpaired) electrons. The van der Waals surface area contributed by atoms with E-state index in [0.717, 1.165) is 69.6 Å². The van der Waals surface area contributed by atoms with Crippen molar-refractivity contribution in [3.8, 4) is 0 Å². The number of carbonyl (C=O) groups excluding carboxylic acids is 3. The number of esters is 3. The van der Waals surface area contributed by atoms with Gasteiger partial charge in [0.1, 0.15) is 13.2 Å². The summed E-state index contributed by atoms with van der Waals surface area (Å²) in [5, 5.41) is 0. The Morgan fingerprint density at radius 2 is 0.679 bits per heavy atom. The summed E-state index contributed by atoms with van der Waals surface area (Å²) in [6.07, 6.45) is 42.4. The van der Waals surface area contributed by atoms with Crippen molar-refractivity contribution in [1.82, 2.24) is 0 Å². The molecule has 0 rings (SSSR count). The van der Waals surface area contributed by atoms with Gasteiger partial charge in [-0.15, -0.1) is 0 Å². The van der Waals surface area contributed by atoms with E-state index in [-0.39, 0.29) is 31.1 Å². The first-order valence-corrected chi connectivity index (χ1v) is 24.8. The lowest BCUT2D eigenvalue weighted by atomic mass is 9.99. The fourth-order valence-corrected chi connectivity index (χ4v) is 7.43. The molecule has 0 aliphatic carbocycles. The Labute approximate surface area is 348 Å². The summed E-state index contributed by atoms with van der Waals surface area (Å²) in [5.41, 5.74) is 0. The minimum Gasteiger partial charge on any atom is -0.462 e. The van der Waals surface area contributed by atoms with Crippen molar-refractivity contribution in [2.45, 2.75) is 278 Å². The fraction of sp³-hybridized carbons (Fsp3) is 0.940. The second-order valence-corrected chi connectivity index (χ2v) is 17.8. The van der Waals surface area contributed by atoms with Crippen molar-refractivity contribution in [3.05, 3.63) is 0 Å². The maximum absolute atomic E-state index is 12.6. The third-order valence-electron chi connectivity index (χ3n) is 11.6. The van der Waals surface area contributed by atoms with Crippen LogP contribution < -0.4 is 0 Å². The summed E-state index contributed by atoms with van der Waals surface area (Å²) in [6.45, 7) is 11.4. The molecule has 0 bridgehead atoms. The van der Waals surface area contributed by atoms with E-state index in [1.165, 1.54) is 161 Å². The Kier molecular flexibility index (Phi) is 41.8. The standard InChI is InChI=1S/C50H96O6/c1-6-8-9-10-23-32-37-42-50(53)56-47(44-55-49(52)41-36-31-27-22-18-17-20-25-29-34-39-46(5)7-2)43-54-48(51)40-35-30-26-21-16-14-12-11-13-15-19-24-28-33-38-45(3)4/h45-47H,6-44H2,1-5H3/t46?,47-/m0/s1. The zero-order valence-electron chi connectivity index (χ0n) is 38.3. The summed E-state index contributed by atoms with van der Waals surface area (Å²) in [5.74, 6) is 0.856. The van der Waals surface area contributed by atoms with E-state index in [9.17, 15) is 14.4 Å². The van der Waals surface area contributed by atoms with Crippen LogP contribution in [0.25, 0.3) is 0 Å². The van der Waals surface area contributed by atoms with Crippen LogP contribution in [0.3, 0.4) is 0 Å². The Balaban J connectivity index is 4.19. The molecule has 0 spiro atoms. The number of unbranched alkanes of at least 4 members (excludes halogenated alkanes) is 28. The highest BCUT2D eigenvalue weighted by atomic mass is 16.6. The van der Waals surface area contributed by atoms with E-state index in [4.69, 9.17) is 14.2 Å². The lowest BCUT2D eigenvalue weighted by molar-refractivity contribution is -0.167. The zero-order valence-corrected chi connectivity index (χ0v) is 38.3. The quantitative estimate of drug-likeness (QED) is 0.0347. The van der Waals surface area contributed by atoms with Gasteiger partial charge in [-0.25, -0.2) is 0 Å². The molecule has 0 amide bonds. The van der Waals surface area contributed by atoms with Crippen LogP contribution in [-0.2, 0) is 28.6 Å². The van der Waals surface area contributed by atoms with Crippen molar-refractivity contribution in [1.29, 1.82) is 0 Å². The lowest BCUT2D eigenvalue weighted by Crippen LogP contribution is -2.30. The summed E-state index contributed by atoms with van der Waals surface area (Å²) in [7, 11) is 0. The van der Waals surface area contributed by atoms with E-state index in [2.05, 4.69) is 34.6 Å². The first kappa shape index (κ1) is 54.4. The lowest BCUT2D eigenvalue weighted by Gasteiger charge is -2.18. The van der Waals surface area contributed by atoms with Crippen molar-refractivity contribution in [2.75, 3.05) is 13.2 Å². The monoisotopic (exact) mass is 793 g/mol. The number of hydrogen-bond acceptors (Lipinski definition) is 6. The van der Waals surface area contributed by atoms with Crippen molar-refractivity contribution >= 4 is 17.9 Å². The van der Waals surface area contributed by atoms with Gasteiger partial charge in [0.05, 0.1) is 0 Å². The van der Waals surface area contributed by atoms with Crippen LogP contribution in [0.2, 0.25) is 0 Å². The molecule has 0 heterocycles. The first-order valence-electron chi connectivity index (χ1n) is 24.8. The largest absolute Gasteiger partial charge is 0.462 e. The maximum Gasteiger partial charge on any atom is 0.306 e. The van der Waals surface area contributed by atoms with E-state index in [1.54, 1.807) is 0 Å². The highest BCUT2D eigenvalue weighted by molar-refractivity contribution is 5.71. The maximum atomic E-state index is 12.6. The van der Waals surface area contributed by atoms with Gasteiger partial charge >= 0.3 is 17.9 Å².